The molecule has 0 heterocycles. The molecular weight excluding hydrogens is 250 g/mol. The van der Waals surface area contributed by atoms with Gasteiger partial charge in [-0.25, -0.2) is 0 Å². The van der Waals surface area contributed by atoms with Gasteiger partial charge in [-0.3, -0.25) is 0 Å². The molecule has 0 amide bonds. The Bertz CT molecular complexity index is 230. The normalized spacial score (nSPS) is 27.1. The van der Waals surface area contributed by atoms with Gasteiger partial charge >= 0.3 is 0 Å². The van der Waals surface area contributed by atoms with Crippen molar-refractivity contribution in [1.82, 2.24) is 5.32 Å². The fraction of sp³-hybridized carbons (Fsp3) is 1.00. The smallest absolute Gasteiger partial charge is 0.0806 e. The van der Waals surface area contributed by atoms with Crippen molar-refractivity contribution in [3.05, 3.63) is 0 Å². The Morgan fingerprint density at radius 2 is 1.90 bits per heavy atom. The van der Waals surface area contributed by atoms with Crippen LogP contribution in [0.5, 0.6) is 0 Å². The molecule has 1 N–H and O–H groups in total. The van der Waals surface area contributed by atoms with Crippen LogP contribution in [0.2, 0.25) is 0 Å². The highest BCUT2D eigenvalue weighted by Crippen LogP contribution is 2.36. The van der Waals surface area contributed by atoms with Crippen molar-refractivity contribution in [2.45, 2.75) is 77.4 Å². The highest BCUT2D eigenvalue weighted by atomic mass is 16.5. The van der Waals surface area contributed by atoms with Crippen LogP contribution in [0.25, 0.3) is 0 Å². The third kappa shape index (κ3) is 6.55. The minimum Gasteiger partial charge on any atom is -0.385 e. The largest absolute Gasteiger partial charge is 0.385 e. The zero-order valence-corrected chi connectivity index (χ0v) is 14.0. The van der Waals surface area contributed by atoms with Gasteiger partial charge < -0.3 is 14.8 Å². The Kier molecular flexibility index (Phi) is 8.74. The lowest BCUT2D eigenvalue weighted by Crippen LogP contribution is -2.47. The van der Waals surface area contributed by atoms with Crippen LogP contribution < -0.4 is 5.32 Å². The van der Waals surface area contributed by atoms with Crippen LogP contribution in [0.3, 0.4) is 0 Å². The summed E-state index contributed by atoms with van der Waals surface area (Å²) in [7, 11) is 1.76. The van der Waals surface area contributed by atoms with E-state index in [1.54, 1.807) is 7.11 Å². The molecule has 1 aliphatic carbocycles. The number of hydrogen-bond donors (Lipinski definition) is 1. The molecule has 0 radical (unpaired) electrons. The van der Waals surface area contributed by atoms with Crippen molar-refractivity contribution in [1.29, 1.82) is 0 Å². The summed E-state index contributed by atoms with van der Waals surface area (Å²) in [5, 5.41) is 3.59. The second-order valence-electron chi connectivity index (χ2n) is 6.65. The van der Waals surface area contributed by atoms with E-state index >= 15 is 0 Å². The molecule has 20 heavy (non-hydrogen) atoms. The van der Waals surface area contributed by atoms with Crippen LogP contribution in [0, 0.1) is 5.92 Å². The first-order valence-corrected chi connectivity index (χ1v) is 8.48. The summed E-state index contributed by atoms with van der Waals surface area (Å²) in [6.07, 6.45) is 8.79. The van der Waals surface area contributed by atoms with Crippen LogP contribution in [0.4, 0.5) is 0 Å². The quantitative estimate of drug-likeness (QED) is 0.620. The van der Waals surface area contributed by atoms with E-state index in [9.17, 15) is 0 Å². The summed E-state index contributed by atoms with van der Waals surface area (Å²) in [4.78, 5) is 0. The molecule has 3 heteroatoms. The van der Waals surface area contributed by atoms with Crippen molar-refractivity contribution in [3.8, 4) is 0 Å². The maximum atomic E-state index is 6.31. The summed E-state index contributed by atoms with van der Waals surface area (Å²) in [5.41, 5.74) is 0.0717. The third-order valence-electron chi connectivity index (χ3n) is 4.45. The fourth-order valence-electron chi connectivity index (χ4n) is 3.15. The van der Waals surface area contributed by atoms with Gasteiger partial charge in [0.05, 0.1) is 5.60 Å². The van der Waals surface area contributed by atoms with E-state index in [4.69, 9.17) is 9.47 Å². The molecule has 1 aliphatic rings. The number of hydrogen-bond acceptors (Lipinski definition) is 3. The molecule has 0 aliphatic heterocycles. The topological polar surface area (TPSA) is 30.5 Å². The van der Waals surface area contributed by atoms with Crippen LogP contribution in [0.1, 0.15) is 65.7 Å². The van der Waals surface area contributed by atoms with Crippen molar-refractivity contribution in [3.63, 3.8) is 0 Å². The number of rotatable bonds is 10. The van der Waals surface area contributed by atoms with E-state index in [1.807, 2.05) is 0 Å². The van der Waals surface area contributed by atoms with E-state index in [0.29, 0.717) is 6.04 Å². The van der Waals surface area contributed by atoms with Crippen molar-refractivity contribution >= 4 is 0 Å². The van der Waals surface area contributed by atoms with E-state index in [0.717, 1.165) is 32.1 Å². The van der Waals surface area contributed by atoms with Gasteiger partial charge in [-0.2, -0.15) is 0 Å². The summed E-state index contributed by atoms with van der Waals surface area (Å²) in [6.45, 7) is 9.33. The molecule has 0 unspecified atom stereocenters. The van der Waals surface area contributed by atoms with Crippen molar-refractivity contribution < 1.29 is 9.47 Å². The minimum absolute atomic E-state index is 0.0717. The lowest BCUT2D eigenvalue weighted by atomic mass is 9.77. The fourth-order valence-corrected chi connectivity index (χ4v) is 3.15. The summed E-state index contributed by atoms with van der Waals surface area (Å²) < 4.78 is 11.4. The van der Waals surface area contributed by atoms with Crippen molar-refractivity contribution in [2.24, 2.45) is 5.92 Å². The van der Waals surface area contributed by atoms with E-state index in [1.165, 1.54) is 38.5 Å². The molecule has 0 atom stereocenters. The Labute approximate surface area is 125 Å². The predicted molar refractivity (Wildman–Crippen MR) is 85.2 cm³/mol. The van der Waals surface area contributed by atoms with Gasteiger partial charge in [0.1, 0.15) is 0 Å². The molecule has 120 valence electrons. The van der Waals surface area contributed by atoms with Gasteiger partial charge in [0, 0.05) is 32.9 Å². The molecule has 0 aromatic carbocycles. The monoisotopic (exact) mass is 285 g/mol. The Balaban J connectivity index is 2.43. The number of nitrogens with one attached hydrogen (secondary N) is 1. The second kappa shape index (κ2) is 9.75. The number of ether oxygens (including phenoxy) is 2. The average Bonchev–Trinajstić information content (AvgIpc) is 2.44. The minimum atomic E-state index is 0.0717. The lowest BCUT2D eigenvalue weighted by molar-refractivity contribution is -0.0816. The summed E-state index contributed by atoms with van der Waals surface area (Å²) in [6, 6.07) is 0.530. The number of methoxy groups -OCH3 is 1. The molecule has 1 saturated carbocycles. The third-order valence-corrected chi connectivity index (χ3v) is 4.45. The Morgan fingerprint density at radius 1 is 1.20 bits per heavy atom. The maximum Gasteiger partial charge on any atom is 0.0806 e. The molecule has 0 spiro atoms. The van der Waals surface area contributed by atoms with Crippen LogP contribution in [-0.4, -0.2) is 38.5 Å². The standard InChI is InChI=1S/C17H35NO2/c1-5-7-16-8-10-17(11-9-16,14-18-15(2)3)20-13-6-12-19-4/h15-16,18H,5-14H2,1-4H3. The SMILES string of the molecule is CCCC1CCC(CNC(C)C)(OCCCOC)CC1. The average molecular weight is 285 g/mol. The van der Waals surface area contributed by atoms with Gasteiger partial charge in [0.2, 0.25) is 0 Å². The first-order valence-electron chi connectivity index (χ1n) is 8.48. The zero-order valence-electron chi connectivity index (χ0n) is 14.0. The second-order valence-corrected chi connectivity index (χ2v) is 6.65. The van der Waals surface area contributed by atoms with Crippen molar-refractivity contribution in [2.75, 3.05) is 26.9 Å². The maximum absolute atomic E-state index is 6.31. The van der Waals surface area contributed by atoms with Gasteiger partial charge in [0.15, 0.2) is 0 Å². The molecule has 1 rings (SSSR count). The summed E-state index contributed by atoms with van der Waals surface area (Å²) in [5.74, 6) is 0.926. The molecule has 0 aromatic rings. The molecular formula is C17H35NO2. The predicted octanol–water partition coefficient (Wildman–Crippen LogP) is 3.77. The van der Waals surface area contributed by atoms with Crippen LogP contribution >= 0.6 is 0 Å². The lowest BCUT2D eigenvalue weighted by Gasteiger charge is -2.41. The first kappa shape index (κ1) is 17.9. The molecule has 3 nitrogen and oxygen atoms in total. The molecule has 0 aromatic heterocycles. The zero-order chi connectivity index (χ0) is 14.8. The Morgan fingerprint density at radius 3 is 2.45 bits per heavy atom. The van der Waals surface area contributed by atoms with Crippen LogP contribution in [0.15, 0.2) is 0 Å². The van der Waals surface area contributed by atoms with Gasteiger partial charge in [-0.15, -0.1) is 0 Å². The van der Waals surface area contributed by atoms with Gasteiger partial charge in [-0.1, -0.05) is 33.6 Å². The Hall–Kier alpha value is -0.120. The molecule has 1 fully saturated rings. The van der Waals surface area contributed by atoms with Gasteiger partial charge in [0.25, 0.3) is 0 Å². The van der Waals surface area contributed by atoms with E-state index in [-0.39, 0.29) is 5.60 Å². The summed E-state index contributed by atoms with van der Waals surface area (Å²) >= 11 is 0. The molecule has 0 saturated heterocycles. The first-order chi connectivity index (χ1) is 9.62. The van der Waals surface area contributed by atoms with Crippen LogP contribution in [-0.2, 0) is 9.47 Å². The van der Waals surface area contributed by atoms with E-state index in [2.05, 4.69) is 26.1 Å². The highest BCUT2D eigenvalue weighted by Gasteiger charge is 2.35. The van der Waals surface area contributed by atoms with E-state index < -0.39 is 0 Å². The van der Waals surface area contributed by atoms with Gasteiger partial charge in [-0.05, 0) is 38.0 Å². The molecule has 0 bridgehead atoms. The highest BCUT2D eigenvalue weighted by molar-refractivity contribution is 4.89.